The van der Waals surface area contributed by atoms with Crippen molar-refractivity contribution in [1.29, 1.82) is 0 Å². The van der Waals surface area contributed by atoms with Crippen molar-refractivity contribution >= 4 is 11.8 Å². The normalized spacial score (nSPS) is 25.0. The van der Waals surface area contributed by atoms with Crippen LogP contribution in [0.4, 0.5) is 0 Å². The van der Waals surface area contributed by atoms with Crippen LogP contribution >= 0.6 is 0 Å². The Bertz CT molecular complexity index is 960. The summed E-state index contributed by atoms with van der Waals surface area (Å²) in [5.74, 6) is -1.48. The third-order valence-corrected chi connectivity index (χ3v) is 9.45. The molecule has 1 aliphatic rings. The number of ketones is 1. The monoisotopic (exact) mass is 638 g/mol. The number of carboxylic acid groups (broad SMARTS) is 1. The average Bonchev–Trinajstić information content (AvgIpc) is 3.00. The minimum Gasteiger partial charge on any atom is -0.481 e. The molecule has 9 heteroatoms. The molecule has 0 aromatic carbocycles. The molecule has 11 atom stereocenters. The molecule has 11 unspecified atom stereocenters. The van der Waals surface area contributed by atoms with Gasteiger partial charge in [-0.3, -0.25) is 9.59 Å². The number of carboxylic acids is 1. The Labute approximate surface area is 271 Å². The van der Waals surface area contributed by atoms with Gasteiger partial charge in [0.15, 0.2) is 0 Å². The molecule has 0 bridgehead atoms. The summed E-state index contributed by atoms with van der Waals surface area (Å²) in [4.78, 5) is 24.6. The molecule has 1 fully saturated rings. The topological polar surface area (TPSA) is 143 Å². The first kappa shape index (κ1) is 41.1. The molecule has 0 aromatic heterocycles. The highest BCUT2D eigenvalue weighted by Gasteiger charge is 2.32. The van der Waals surface area contributed by atoms with E-state index in [1.807, 2.05) is 26.8 Å². The van der Waals surface area contributed by atoms with Crippen molar-refractivity contribution in [3.05, 3.63) is 36.0 Å². The number of carbonyl (C=O) groups is 2. The van der Waals surface area contributed by atoms with Gasteiger partial charge in [0.05, 0.1) is 36.4 Å². The second-order valence-electron chi connectivity index (χ2n) is 13.5. The van der Waals surface area contributed by atoms with E-state index in [9.17, 15) is 30.0 Å². The Kier molecular flexibility index (Phi) is 19.3. The van der Waals surface area contributed by atoms with E-state index in [1.54, 1.807) is 20.1 Å². The van der Waals surface area contributed by atoms with Crippen LogP contribution in [-0.4, -0.2) is 90.1 Å². The highest BCUT2D eigenvalue weighted by atomic mass is 16.5. The van der Waals surface area contributed by atoms with Crippen LogP contribution in [0.1, 0.15) is 92.4 Å². The predicted molar refractivity (Wildman–Crippen MR) is 177 cm³/mol. The van der Waals surface area contributed by atoms with Gasteiger partial charge in [0.1, 0.15) is 11.9 Å². The summed E-state index contributed by atoms with van der Waals surface area (Å²) in [6.45, 7) is 13.4. The van der Waals surface area contributed by atoms with Gasteiger partial charge in [-0.2, -0.15) is 0 Å². The van der Waals surface area contributed by atoms with Gasteiger partial charge in [-0.1, -0.05) is 44.6 Å². The maximum Gasteiger partial charge on any atom is 0.306 e. The number of methoxy groups -OCH3 is 3. The van der Waals surface area contributed by atoms with Crippen molar-refractivity contribution in [2.45, 2.75) is 129 Å². The number of ether oxygens (including phenoxy) is 3. The lowest BCUT2D eigenvalue weighted by atomic mass is 9.82. The number of allylic oxidation sites excluding steroid dienone is 4. The van der Waals surface area contributed by atoms with Crippen molar-refractivity contribution in [1.82, 2.24) is 0 Å². The van der Waals surface area contributed by atoms with E-state index >= 15 is 0 Å². The first-order chi connectivity index (χ1) is 21.2. The quantitative estimate of drug-likeness (QED) is 0.113. The van der Waals surface area contributed by atoms with Crippen LogP contribution in [0.25, 0.3) is 0 Å². The molecule has 0 spiro atoms. The summed E-state index contributed by atoms with van der Waals surface area (Å²) in [5, 5.41) is 41.2. The van der Waals surface area contributed by atoms with Crippen LogP contribution < -0.4 is 0 Å². The summed E-state index contributed by atoms with van der Waals surface area (Å²) in [6.07, 6.45) is 7.60. The van der Waals surface area contributed by atoms with E-state index < -0.39 is 42.4 Å². The molecule has 260 valence electrons. The van der Waals surface area contributed by atoms with Crippen molar-refractivity contribution in [3.63, 3.8) is 0 Å². The number of hydrogen-bond donors (Lipinski definition) is 4. The molecule has 9 nitrogen and oxygen atoms in total. The summed E-state index contributed by atoms with van der Waals surface area (Å²) >= 11 is 0. The second-order valence-corrected chi connectivity index (χ2v) is 13.5. The van der Waals surface area contributed by atoms with Crippen molar-refractivity contribution in [2.75, 3.05) is 21.3 Å². The Balaban J connectivity index is 2.75. The van der Waals surface area contributed by atoms with Crippen LogP contribution in [0.5, 0.6) is 0 Å². The Morgan fingerprint density at radius 3 is 2.18 bits per heavy atom. The minimum absolute atomic E-state index is 0.0844. The molecule has 0 heterocycles. The summed E-state index contributed by atoms with van der Waals surface area (Å²) in [5.41, 5.74) is 1.96. The van der Waals surface area contributed by atoms with Gasteiger partial charge in [0, 0.05) is 33.7 Å². The molecule has 0 amide bonds. The Morgan fingerprint density at radius 1 is 1.00 bits per heavy atom. The van der Waals surface area contributed by atoms with Gasteiger partial charge in [0.2, 0.25) is 0 Å². The zero-order valence-electron chi connectivity index (χ0n) is 29.0. The number of carbonyl (C=O) groups excluding carboxylic acids is 1. The van der Waals surface area contributed by atoms with Crippen LogP contribution in [0.15, 0.2) is 36.0 Å². The van der Waals surface area contributed by atoms with E-state index in [0.29, 0.717) is 38.5 Å². The van der Waals surface area contributed by atoms with Gasteiger partial charge in [-0.15, -0.1) is 6.58 Å². The lowest BCUT2D eigenvalue weighted by molar-refractivity contribution is -0.145. The van der Waals surface area contributed by atoms with E-state index in [2.05, 4.69) is 19.6 Å². The molecule has 1 saturated carbocycles. The van der Waals surface area contributed by atoms with E-state index in [0.717, 1.165) is 24.0 Å². The average molecular weight is 639 g/mol. The van der Waals surface area contributed by atoms with Gasteiger partial charge in [-0.25, -0.2) is 0 Å². The van der Waals surface area contributed by atoms with Gasteiger partial charge in [-0.05, 0) is 88.5 Å². The molecule has 0 saturated heterocycles. The summed E-state index contributed by atoms with van der Waals surface area (Å²) in [6, 6.07) is 0. The molecular weight excluding hydrogens is 576 g/mol. The second kappa shape index (κ2) is 21.1. The van der Waals surface area contributed by atoms with Gasteiger partial charge < -0.3 is 34.6 Å². The largest absolute Gasteiger partial charge is 0.481 e. The fourth-order valence-corrected chi connectivity index (χ4v) is 6.53. The molecule has 4 N–H and O–H groups in total. The third kappa shape index (κ3) is 14.2. The fraction of sp³-hybridized carbons (Fsp3) is 0.778. The molecule has 0 aliphatic heterocycles. The number of hydrogen-bond acceptors (Lipinski definition) is 8. The van der Waals surface area contributed by atoms with Gasteiger partial charge in [0.25, 0.3) is 0 Å². The maximum absolute atomic E-state index is 13.3. The summed E-state index contributed by atoms with van der Waals surface area (Å²) in [7, 11) is 4.61. The predicted octanol–water partition coefficient (Wildman–Crippen LogP) is 5.51. The third-order valence-electron chi connectivity index (χ3n) is 9.45. The number of rotatable bonds is 22. The maximum atomic E-state index is 13.3. The van der Waals surface area contributed by atoms with E-state index in [1.165, 1.54) is 14.2 Å². The zero-order valence-corrected chi connectivity index (χ0v) is 29.0. The number of aliphatic hydroxyl groups excluding tert-OH is 3. The van der Waals surface area contributed by atoms with Crippen LogP contribution in [0, 0.1) is 29.6 Å². The number of aliphatic hydroxyl groups is 3. The summed E-state index contributed by atoms with van der Waals surface area (Å²) < 4.78 is 16.4. The van der Waals surface area contributed by atoms with Crippen molar-refractivity contribution in [2.24, 2.45) is 29.6 Å². The standard InChI is InChI=1S/C36H62O9/c1-10-11-28(17-22(2)16-23(3)18-32(44-8)35(40)33(45-9)20-26(6)36(41)42)29(37)14-12-24(4)34(39)25(5)19-27-13-15-30(38)31(21-27)43-7/h10,17,19,23-24,26-28,30-35,38-40H,1,11-16,18,20-21H2,2-9H3,(H,41,42). The molecule has 45 heavy (non-hydrogen) atoms. The van der Waals surface area contributed by atoms with E-state index in [4.69, 9.17) is 14.2 Å². The SMILES string of the molecule is C=CCC(C=C(C)CC(C)CC(OC)C(O)C(CC(C)C(=O)O)OC)C(=O)CCC(C)C(O)C(C)=CC1CCC(O)C(OC)C1. The van der Waals surface area contributed by atoms with E-state index in [-0.39, 0.29) is 42.0 Å². The zero-order chi connectivity index (χ0) is 34.3. The number of Topliss-reactive ketones (excluding diaryl/α,β-unsaturated/α-hetero) is 1. The Hall–Kier alpha value is -1.88. The highest BCUT2D eigenvalue weighted by Crippen LogP contribution is 2.30. The van der Waals surface area contributed by atoms with Crippen molar-refractivity contribution < 1.29 is 44.2 Å². The highest BCUT2D eigenvalue weighted by molar-refractivity contribution is 5.83. The first-order valence-corrected chi connectivity index (χ1v) is 16.5. The molecule has 0 radical (unpaired) electrons. The number of aliphatic carboxylic acids is 1. The smallest absolute Gasteiger partial charge is 0.306 e. The van der Waals surface area contributed by atoms with Crippen LogP contribution in [0.3, 0.4) is 0 Å². The molecular formula is C36H62O9. The Morgan fingerprint density at radius 2 is 1.62 bits per heavy atom. The minimum atomic E-state index is -0.975. The lowest BCUT2D eigenvalue weighted by Crippen LogP contribution is -2.42. The van der Waals surface area contributed by atoms with Crippen LogP contribution in [-0.2, 0) is 23.8 Å². The first-order valence-electron chi connectivity index (χ1n) is 16.5. The molecule has 1 aliphatic carbocycles. The molecule has 0 aromatic rings. The van der Waals surface area contributed by atoms with Crippen molar-refractivity contribution in [3.8, 4) is 0 Å². The lowest BCUT2D eigenvalue weighted by Gasteiger charge is -2.31. The van der Waals surface area contributed by atoms with Crippen LogP contribution in [0.2, 0.25) is 0 Å². The molecule has 1 rings (SSSR count). The van der Waals surface area contributed by atoms with Gasteiger partial charge >= 0.3 is 5.97 Å². The fourth-order valence-electron chi connectivity index (χ4n) is 6.53.